The molecule has 0 amide bonds. The normalized spacial score (nSPS) is 49.0. The molecule has 1 unspecified atom stereocenters. The van der Waals surface area contributed by atoms with Crippen LogP contribution in [-0.2, 0) is 14.4 Å². The number of carbonyl (C=O) groups is 3. The number of Topliss-reactive ketones (excluding diaryl/α,β-unsaturated/α-hetero) is 1. The molecule has 0 radical (unpaired) electrons. The number of hydrogen-bond donors (Lipinski definition) is 1. The van der Waals surface area contributed by atoms with Crippen LogP contribution in [0.1, 0.15) is 86.5 Å². The second-order valence-electron chi connectivity index (χ2n) is 13.1. The van der Waals surface area contributed by atoms with E-state index >= 15 is 0 Å². The fourth-order valence-corrected chi connectivity index (χ4v) is 8.78. The van der Waals surface area contributed by atoms with Crippen molar-refractivity contribution in [2.45, 2.75) is 86.5 Å². The standard InChI is InChI=1S/C29H38O4/c1-17-18-7-8-21-27(4,19(18)15-20(30)23(17)31)12-14-29(6)22-16-26(3,24(32)33)10-9-25(22,2)11-13-28(21,29)5/h7-8,15,17,22H,9-14,16H2,1-6H3,(H,32,33)/t17?,22-,25-,26+,27+,28-,29+/m1/s1. The van der Waals surface area contributed by atoms with Crippen molar-refractivity contribution >= 4 is 17.5 Å². The Balaban J connectivity index is 1.64. The second kappa shape index (κ2) is 6.58. The van der Waals surface area contributed by atoms with Gasteiger partial charge in [-0.05, 0) is 91.3 Å². The minimum Gasteiger partial charge on any atom is -0.481 e. The maximum Gasteiger partial charge on any atom is 0.309 e. The van der Waals surface area contributed by atoms with E-state index in [0.29, 0.717) is 5.92 Å². The fraction of sp³-hybridized carbons (Fsp3) is 0.690. The summed E-state index contributed by atoms with van der Waals surface area (Å²) in [6.45, 7) is 13.3. The van der Waals surface area contributed by atoms with Crippen molar-refractivity contribution in [3.05, 3.63) is 34.9 Å². The summed E-state index contributed by atoms with van der Waals surface area (Å²) < 4.78 is 0. The summed E-state index contributed by atoms with van der Waals surface area (Å²) in [4.78, 5) is 37.2. The molecule has 0 bridgehead atoms. The fourth-order valence-electron chi connectivity index (χ4n) is 8.78. The molecular weight excluding hydrogens is 412 g/mol. The van der Waals surface area contributed by atoms with Gasteiger partial charge < -0.3 is 5.11 Å². The van der Waals surface area contributed by atoms with E-state index in [0.717, 1.165) is 56.1 Å². The summed E-state index contributed by atoms with van der Waals surface area (Å²) >= 11 is 0. The Bertz CT molecular complexity index is 1080. The van der Waals surface area contributed by atoms with E-state index in [4.69, 9.17) is 0 Å². The molecule has 0 spiro atoms. The van der Waals surface area contributed by atoms with Crippen molar-refractivity contribution in [2.75, 3.05) is 0 Å². The highest BCUT2D eigenvalue weighted by Crippen LogP contribution is 2.75. The Labute approximate surface area is 197 Å². The largest absolute Gasteiger partial charge is 0.481 e. The molecule has 0 aromatic carbocycles. The van der Waals surface area contributed by atoms with Crippen LogP contribution in [0.15, 0.2) is 34.9 Å². The molecular formula is C29H38O4. The predicted octanol–water partition coefficient (Wildman–Crippen LogP) is 6.07. The average molecular weight is 451 g/mol. The molecule has 0 heterocycles. The van der Waals surface area contributed by atoms with Crippen molar-refractivity contribution < 1.29 is 19.5 Å². The Morgan fingerprint density at radius 2 is 1.61 bits per heavy atom. The van der Waals surface area contributed by atoms with Gasteiger partial charge in [-0.25, -0.2) is 0 Å². The van der Waals surface area contributed by atoms with Gasteiger partial charge >= 0.3 is 5.97 Å². The van der Waals surface area contributed by atoms with E-state index < -0.39 is 11.4 Å². The molecule has 0 aliphatic heterocycles. The zero-order valence-electron chi connectivity index (χ0n) is 21.0. The SMILES string of the molecule is CC1C(=O)C(=O)C=C2C1=CC=C1[C@@]2(C)CC[C@@]2(C)[C@@H]3C[C@@](C)(C(=O)O)CC[C@]3(C)CC[C@]12C. The highest BCUT2D eigenvalue weighted by atomic mass is 16.4. The molecule has 0 aromatic rings. The summed E-state index contributed by atoms with van der Waals surface area (Å²) in [5, 5.41) is 10.1. The summed E-state index contributed by atoms with van der Waals surface area (Å²) in [7, 11) is 0. The van der Waals surface area contributed by atoms with Crippen molar-refractivity contribution in [3.63, 3.8) is 0 Å². The third-order valence-corrected chi connectivity index (χ3v) is 11.5. The van der Waals surface area contributed by atoms with Crippen LogP contribution in [0.3, 0.4) is 0 Å². The van der Waals surface area contributed by atoms with Crippen LogP contribution in [0.25, 0.3) is 0 Å². The number of hydrogen-bond acceptors (Lipinski definition) is 3. The molecule has 4 nitrogen and oxygen atoms in total. The number of carboxylic acids is 1. The molecule has 7 atom stereocenters. The van der Waals surface area contributed by atoms with E-state index in [9.17, 15) is 19.5 Å². The highest BCUT2D eigenvalue weighted by molar-refractivity contribution is 6.44. The molecule has 0 aromatic heterocycles. The first-order valence-corrected chi connectivity index (χ1v) is 12.7. The van der Waals surface area contributed by atoms with Crippen molar-refractivity contribution in [1.82, 2.24) is 0 Å². The Morgan fingerprint density at radius 1 is 0.939 bits per heavy atom. The van der Waals surface area contributed by atoms with E-state index in [1.54, 1.807) is 6.08 Å². The zero-order chi connectivity index (χ0) is 24.2. The lowest BCUT2D eigenvalue weighted by molar-refractivity contribution is -0.178. The summed E-state index contributed by atoms with van der Waals surface area (Å²) in [5.74, 6) is -1.36. The van der Waals surface area contributed by atoms with E-state index in [2.05, 4.69) is 39.8 Å². The predicted molar refractivity (Wildman–Crippen MR) is 127 cm³/mol. The lowest BCUT2D eigenvalue weighted by atomic mass is 9.34. The second-order valence-corrected chi connectivity index (χ2v) is 13.1. The average Bonchev–Trinajstić information content (AvgIpc) is 2.75. The van der Waals surface area contributed by atoms with Crippen molar-refractivity contribution in [3.8, 4) is 0 Å². The Hall–Kier alpha value is -1.97. The van der Waals surface area contributed by atoms with Gasteiger partial charge in [0.15, 0.2) is 0 Å². The molecule has 5 aliphatic rings. The van der Waals surface area contributed by atoms with Crippen LogP contribution >= 0.6 is 0 Å². The van der Waals surface area contributed by atoms with E-state index in [1.165, 1.54) is 5.57 Å². The maximum atomic E-state index is 12.5. The van der Waals surface area contributed by atoms with Gasteiger partial charge in [0.1, 0.15) is 0 Å². The third kappa shape index (κ3) is 2.67. The smallest absolute Gasteiger partial charge is 0.309 e. The van der Waals surface area contributed by atoms with Crippen molar-refractivity contribution in [1.29, 1.82) is 0 Å². The van der Waals surface area contributed by atoms with Crippen molar-refractivity contribution in [2.24, 2.45) is 38.9 Å². The quantitative estimate of drug-likeness (QED) is 0.492. The summed E-state index contributed by atoms with van der Waals surface area (Å²) in [6.07, 6.45) is 12.6. The molecule has 178 valence electrons. The van der Waals surface area contributed by atoms with E-state index in [-0.39, 0.29) is 39.1 Å². The number of allylic oxidation sites excluding steroid dienone is 6. The number of aliphatic carboxylic acids is 1. The summed E-state index contributed by atoms with van der Waals surface area (Å²) in [6, 6.07) is 0. The maximum absolute atomic E-state index is 12.5. The topological polar surface area (TPSA) is 71.4 Å². The van der Waals surface area contributed by atoms with Gasteiger partial charge in [0.05, 0.1) is 5.41 Å². The number of carbonyl (C=O) groups excluding carboxylic acids is 2. The highest BCUT2D eigenvalue weighted by Gasteiger charge is 2.67. The van der Waals surface area contributed by atoms with Crippen LogP contribution in [0.5, 0.6) is 0 Å². The van der Waals surface area contributed by atoms with Gasteiger partial charge in [-0.3, -0.25) is 14.4 Å². The van der Waals surface area contributed by atoms with Crippen LogP contribution in [-0.4, -0.2) is 22.6 Å². The molecule has 5 aliphatic carbocycles. The van der Waals surface area contributed by atoms with Gasteiger partial charge in [0.2, 0.25) is 11.6 Å². The van der Waals surface area contributed by atoms with Gasteiger partial charge in [0, 0.05) is 11.3 Å². The number of carboxylic acid groups (broad SMARTS) is 1. The molecule has 4 heteroatoms. The molecule has 3 fully saturated rings. The van der Waals surface area contributed by atoms with Gasteiger partial charge in [0.25, 0.3) is 0 Å². The Kier molecular flexibility index (Phi) is 4.55. The first-order valence-electron chi connectivity index (χ1n) is 12.7. The Morgan fingerprint density at radius 3 is 2.27 bits per heavy atom. The third-order valence-electron chi connectivity index (χ3n) is 11.5. The van der Waals surface area contributed by atoms with Gasteiger partial charge in [-0.2, -0.15) is 0 Å². The minimum absolute atomic E-state index is 0.00547. The van der Waals surface area contributed by atoms with Crippen LogP contribution < -0.4 is 0 Å². The molecule has 0 saturated heterocycles. The number of fused-ring (bicyclic) bond motifs is 7. The monoisotopic (exact) mass is 450 g/mol. The first-order chi connectivity index (χ1) is 15.2. The molecule has 33 heavy (non-hydrogen) atoms. The molecule has 1 N–H and O–H groups in total. The van der Waals surface area contributed by atoms with Crippen LogP contribution in [0.4, 0.5) is 0 Å². The number of rotatable bonds is 1. The van der Waals surface area contributed by atoms with E-state index in [1.807, 2.05) is 13.8 Å². The number of ketones is 2. The van der Waals surface area contributed by atoms with Gasteiger partial charge in [-0.15, -0.1) is 0 Å². The minimum atomic E-state index is -0.658. The van der Waals surface area contributed by atoms with Crippen LogP contribution in [0.2, 0.25) is 0 Å². The lowest BCUT2D eigenvalue weighted by Crippen LogP contribution is -2.62. The summed E-state index contributed by atoms with van der Waals surface area (Å²) in [5.41, 5.74) is 2.64. The lowest BCUT2D eigenvalue weighted by Gasteiger charge is -2.70. The van der Waals surface area contributed by atoms with Gasteiger partial charge in [-0.1, -0.05) is 52.3 Å². The van der Waals surface area contributed by atoms with Crippen LogP contribution in [0, 0.1) is 38.9 Å². The zero-order valence-corrected chi connectivity index (χ0v) is 21.0. The first kappa shape index (κ1) is 22.8. The molecule has 3 saturated carbocycles. The molecule has 5 rings (SSSR count).